The number of nitrogens with zero attached hydrogens (tertiary/aromatic N) is 3. The summed E-state index contributed by atoms with van der Waals surface area (Å²) in [5, 5.41) is 7.85. The molecule has 2 rings (SSSR count). The van der Waals surface area contributed by atoms with Gasteiger partial charge in [-0.05, 0) is 39.7 Å². The fourth-order valence-corrected chi connectivity index (χ4v) is 3.15. The maximum Gasteiger partial charge on any atom is 0.131 e. The summed E-state index contributed by atoms with van der Waals surface area (Å²) in [7, 11) is 4.06. The largest absolute Gasteiger partial charge is 0.354 e. The Morgan fingerprint density at radius 1 is 1.39 bits per heavy atom. The minimum Gasteiger partial charge on any atom is -0.354 e. The number of anilines is 1. The van der Waals surface area contributed by atoms with Gasteiger partial charge in [0.25, 0.3) is 0 Å². The van der Waals surface area contributed by atoms with Crippen LogP contribution in [0.5, 0.6) is 0 Å². The van der Waals surface area contributed by atoms with Crippen molar-refractivity contribution in [2.24, 2.45) is 13.0 Å². The second kappa shape index (κ2) is 5.31. The van der Waals surface area contributed by atoms with Gasteiger partial charge in [0, 0.05) is 31.7 Å². The van der Waals surface area contributed by atoms with Crippen molar-refractivity contribution in [3.05, 3.63) is 11.3 Å². The van der Waals surface area contributed by atoms with Gasteiger partial charge < -0.3 is 10.2 Å². The maximum absolute atomic E-state index is 4.59. The van der Waals surface area contributed by atoms with E-state index in [9.17, 15) is 0 Å². The summed E-state index contributed by atoms with van der Waals surface area (Å²) < 4.78 is 2.05. The molecule has 1 aliphatic rings. The van der Waals surface area contributed by atoms with Crippen LogP contribution in [0.3, 0.4) is 0 Å². The lowest BCUT2D eigenvalue weighted by Gasteiger charge is -2.38. The molecule has 0 saturated carbocycles. The average Bonchev–Trinajstić information content (AvgIpc) is 2.56. The Kier molecular flexibility index (Phi) is 3.95. The van der Waals surface area contributed by atoms with E-state index in [0.717, 1.165) is 24.7 Å². The Labute approximate surface area is 110 Å². The highest BCUT2D eigenvalue weighted by molar-refractivity contribution is 5.51. The number of hydrogen-bond acceptors (Lipinski definition) is 3. The Balaban J connectivity index is 2.32. The smallest absolute Gasteiger partial charge is 0.131 e. The number of aryl methyl sites for hydroxylation is 2. The number of hydrogen-bond donors (Lipinski definition) is 1. The van der Waals surface area contributed by atoms with Gasteiger partial charge in [0.15, 0.2) is 0 Å². The molecule has 0 bridgehead atoms. The van der Waals surface area contributed by atoms with Gasteiger partial charge in [-0.15, -0.1) is 0 Å². The van der Waals surface area contributed by atoms with Crippen LogP contribution in [0.15, 0.2) is 0 Å². The van der Waals surface area contributed by atoms with E-state index in [4.69, 9.17) is 0 Å². The van der Waals surface area contributed by atoms with E-state index in [1.165, 1.54) is 24.2 Å². The van der Waals surface area contributed by atoms with Gasteiger partial charge in [0.2, 0.25) is 0 Å². The predicted octanol–water partition coefficient (Wildman–Crippen LogP) is 2.07. The van der Waals surface area contributed by atoms with E-state index in [-0.39, 0.29) is 0 Å². The summed E-state index contributed by atoms with van der Waals surface area (Å²) in [6.07, 6.45) is 2.57. The molecular weight excluding hydrogens is 224 g/mol. The van der Waals surface area contributed by atoms with Crippen molar-refractivity contribution in [2.45, 2.75) is 46.2 Å². The molecule has 1 aromatic heterocycles. The molecule has 1 saturated heterocycles. The Morgan fingerprint density at radius 2 is 2.11 bits per heavy atom. The van der Waals surface area contributed by atoms with E-state index in [2.05, 4.69) is 47.8 Å². The minimum absolute atomic E-state index is 0.610. The third kappa shape index (κ3) is 2.39. The predicted molar refractivity (Wildman–Crippen MR) is 75.9 cm³/mol. The number of aromatic nitrogens is 2. The van der Waals surface area contributed by atoms with Gasteiger partial charge >= 0.3 is 0 Å². The highest BCUT2D eigenvalue weighted by Gasteiger charge is 2.27. The van der Waals surface area contributed by atoms with Gasteiger partial charge in [0.05, 0.1) is 5.69 Å². The fourth-order valence-electron chi connectivity index (χ4n) is 3.15. The molecule has 1 N–H and O–H groups in total. The van der Waals surface area contributed by atoms with Crippen LogP contribution < -0.4 is 10.2 Å². The van der Waals surface area contributed by atoms with E-state index >= 15 is 0 Å². The zero-order valence-electron chi connectivity index (χ0n) is 12.3. The van der Waals surface area contributed by atoms with Gasteiger partial charge in [0.1, 0.15) is 5.82 Å². The lowest BCUT2D eigenvalue weighted by molar-refractivity contribution is 0.372. The van der Waals surface area contributed by atoms with Crippen molar-refractivity contribution in [3.8, 4) is 0 Å². The molecule has 0 aromatic carbocycles. The minimum atomic E-state index is 0.610. The van der Waals surface area contributed by atoms with Crippen molar-refractivity contribution in [2.75, 3.05) is 18.5 Å². The summed E-state index contributed by atoms with van der Waals surface area (Å²) in [4.78, 5) is 2.53. The van der Waals surface area contributed by atoms with Crippen LogP contribution in [-0.4, -0.2) is 29.4 Å². The molecule has 0 spiro atoms. The van der Waals surface area contributed by atoms with Gasteiger partial charge in [-0.1, -0.05) is 6.92 Å². The molecular formula is C14H26N4. The van der Waals surface area contributed by atoms with Crippen LogP contribution in [-0.2, 0) is 13.6 Å². The normalized spacial score (nSPS) is 24.6. The second-order valence-electron chi connectivity index (χ2n) is 5.71. The fraction of sp³-hybridized carbons (Fsp3) is 0.786. The van der Waals surface area contributed by atoms with Crippen LogP contribution in [0.25, 0.3) is 0 Å². The molecule has 102 valence electrons. The van der Waals surface area contributed by atoms with Crippen molar-refractivity contribution >= 4 is 5.82 Å². The molecule has 1 fully saturated rings. The molecule has 0 aliphatic carbocycles. The van der Waals surface area contributed by atoms with Crippen molar-refractivity contribution in [1.82, 2.24) is 15.1 Å². The van der Waals surface area contributed by atoms with Crippen LogP contribution in [0.4, 0.5) is 5.82 Å². The first-order valence-corrected chi connectivity index (χ1v) is 6.98. The summed E-state index contributed by atoms with van der Waals surface area (Å²) in [6, 6.07) is 0.610. The molecule has 0 radical (unpaired) electrons. The summed E-state index contributed by atoms with van der Waals surface area (Å²) in [5.41, 5.74) is 2.49. The lowest BCUT2D eigenvalue weighted by Crippen LogP contribution is -2.41. The number of rotatable bonds is 3. The topological polar surface area (TPSA) is 33.1 Å². The van der Waals surface area contributed by atoms with Crippen LogP contribution in [0.1, 0.15) is 37.9 Å². The standard InChI is InChI=1S/C14H26N4/c1-10-6-7-18(11(2)8-10)14-13(9-15-4)12(3)16-17(14)5/h10-11,15H,6-9H2,1-5H3. The average molecular weight is 250 g/mol. The first-order chi connectivity index (χ1) is 8.54. The highest BCUT2D eigenvalue weighted by atomic mass is 15.4. The molecule has 18 heavy (non-hydrogen) atoms. The first-order valence-electron chi connectivity index (χ1n) is 6.98. The summed E-state index contributed by atoms with van der Waals surface area (Å²) in [6.45, 7) is 8.84. The maximum atomic E-state index is 4.59. The van der Waals surface area contributed by atoms with Crippen molar-refractivity contribution < 1.29 is 0 Å². The molecule has 4 nitrogen and oxygen atoms in total. The zero-order valence-corrected chi connectivity index (χ0v) is 12.3. The van der Waals surface area contributed by atoms with E-state index in [0.29, 0.717) is 6.04 Å². The highest BCUT2D eigenvalue weighted by Crippen LogP contribution is 2.31. The van der Waals surface area contributed by atoms with E-state index in [1.54, 1.807) is 0 Å². The van der Waals surface area contributed by atoms with Crippen molar-refractivity contribution in [1.29, 1.82) is 0 Å². The molecule has 1 aromatic rings. The van der Waals surface area contributed by atoms with Crippen LogP contribution in [0.2, 0.25) is 0 Å². The van der Waals surface area contributed by atoms with Gasteiger partial charge in [-0.2, -0.15) is 5.10 Å². The van der Waals surface area contributed by atoms with Crippen LogP contribution >= 0.6 is 0 Å². The third-order valence-electron chi connectivity index (χ3n) is 4.08. The molecule has 2 atom stereocenters. The Hall–Kier alpha value is -1.03. The monoisotopic (exact) mass is 250 g/mol. The van der Waals surface area contributed by atoms with Crippen LogP contribution in [0, 0.1) is 12.8 Å². The number of piperidine rings is 1. The summed E-state index contributed by atoms with van der Waals surface area (Å²) in [5.74, 6) is 2.15. The number of nitrogens with one attached hydrogen (secondary N) is 1. The Morgan fingerprint density at radius 3 is 2.72 bits per heavy atom. The van der Waals surface area contributed by atoms with E-state index in [1.807, 2.05) is 7.05 Å². The molecule has 0 amide bonds. The first kappa shape index (κ1) is 13.4. The zero-order chi connectivity index (χ0) is 13.3. The molecule has 2 heterocycles. The molecule has 1 aliphatic heterocycles. The second-order valence-corrected chi connectivity index (χ2v) is 5.71. The SMILES string of the molecule is CNCc1c(C)nn(C)c1N1CCC(C)CC1C. The van der Waals surface area contributed by atoms with Crippen molar-refractivity contribution in [3.63, 3.8) is 0 Å². The van der Waals surface area contributed by atoms with E-state index < -0.39 is 0 Å². The lowest BCUT2D eigenvalue weighted by atomic mass is 9.93. The third-order valence-corrected chi connectivity index (χ3v) is 4.08. The Bertz CT molecular complexity index is 410. The summed E-state index contributed by atoms with van der Waals surface area (Å²) >= 11 is 0. The molecule has 2 unspecified atom stereocenters. The quantitative estimate of drug-likeness (QED) is 0.891. The van der Waals surface area contributed by atoms with Gasteiger partial charge in [-0.25, -0.2) is 0 Å². The molecule has 4 heteroatoms. The van der Waals surface area contributed by atoms with Gasteiger partial charge in [-0.3, -0.25) is 4.68 Å².